The molecule has 1 amide bonds. The number of nitrogens with one attached hydrogen (secondary N) is 1. The number of amides is 1. The molecule has 0 aromatic carbocycles. The molecule has 3 unspecified atom stereocenters. The standard InChI is InChI=1S/C13H22N4O6/c1-7(18)16-9-10(19)11-8(6-21-13(2,3)23-11)22-12(9)20-5-4-15-17-14/h8-12,19H,4-6H2,1-3H3,(H,16,18)/t8?,9?,10?,11-,12-/m1/s1. The van der Waals surface area contributed by atoms with Gasteiger partial charge in [-0.15, -0.1) is 0 Å². The number of hydrogen-bond donors (Lipinski definition) is 2. The Bertz CT molecular complexity index is 481. The van der Waals surface area contributed by atoms with Crippen LogP contribution in [0.25, 0.3) is 10.4 Å². The summed E-state index contributed by atoms with van der Waals surface area (Å²) in [6.45, 7) is 5.27. The van der Waals surface area contributed by atoms with Crippen LogP contribution >= 0.6 is 0 Å². The molecule has 2 heterocycles. The van der Waals surface area contributed by atoms with Gasteiger partial charge in [-0.1, -0.05) is 5.11 Å². The molecule has 10 heteroatoms. The third-order valence-corrected chi connectivity index (χ3v) is 3.59. The van der Waals surface area contributed by atoms with Gasteiger partial charge in [-0.25, -0.2) is 0 Å². The Morgan fingerprint density at radius 3 is 2.96 bits per heavy atom. The molecule has 23 heavy (non-hydrogen) atoms. The first-order valence-electron chi connectivity index (χ1n) is 7.39. The number of aliphatic hydroxyl groups excluding tert-OH is 1. The minimum atomic E-state index is -1.02. The Hall–Kier alpha value is -1.42. The number of fused-ring (bicyclic) bond motifs is 1. The summed E-state index contributed by atoms with van der Waals surface area (Å²) in [5, 5.41) is 16.6. The maximum absolute atomic E-state index is 11.4. The second-order valence-corrected chi connectivity index (χ2v) is 5.88. The highest BCUT2D eigenvalue weighted by Crippen LogP contribution is 2.32. The number of azide groups is 1. The smallest absolute Gasteiger partial charge is 0.217 e. The van der Waals surface area contributed by atoms with Crippen molar-refractivity contribution in [1.82, 2.24) is 5.32 Å². The van der Waals surface area contributed by atoms with E-state index < -0.39 is 36.4 Å². The molecule has 2 rings (SSSR count). The van der Waals surface area contributed by atoms with E-state index in [9.17, 15) is 9.90 Å². The van der Waals surface area contributed by atoms with E-state index in [4.69, 9.17) is 24.5 Å². The van der Waals surface area contributed by atoms with E-state index in [0.29, 0.717) is 0 Å². The summed E-state index contributed by atoms with van der Waals surface area (Å²) in [7, 11) is 0. The van der Waals surface area contributed by atoms with Crippen LogP contribution in [-0.4, -0.2) is 67.2 Å². The van der Waals surface area contributed by atoms with Crippen LogP contribution in [-0.2, 0) is 23.7 Å². The van der Waals surface area contributed by atoms with Gasteiger partial charge in [0.05, 0.1) is 13.2 Å². The van der Waals surface area contributed by atoms with E-state index in [1.54, 1.807) is 13.8 Å². The van der Waals surface area contributed by atoms with E-state index in [0.717, 1.165) is 0 Å². The fourth-order valence-corrected chi connectivity index (χ4v) is 2.63. The fourth-order valence-electron chi connectivity index (χ4n) is 2.63. The van der Waals surface area contributed by atoms with Crippen molar-refractivity contribution >= 4 is 5.91 Å². The van der Waals surface area contributed by atoms with Crippen LogP contribution < -0.4 is 5.32 Å². The summed E-state index contributed by atoms with van der Waals surface area (Å²) < 4.78 is 22.5. The molecule has 5 atom stereocenters. The molecule has 2 N–H and O–H groups in total. The van der Waals surface area contributed by atoms with Crippen LogP contribution in [0.4, 0.5) is 0 Å². The van der Waals surface area contributed by atoms with Crippen molar-refractivity contribution in [2.75, 3.05) is 19.8 Å². The predicted octanol–water partition coefficient (Wildman–Crippen LogP) is 0.0553. The van der Waals surface area contributed by atoms with Crippen LogP contribution in [0.1, 0.15) is 20.8 Å². The highest BCUT2D eigenvalue weighted by Gasteiger charge is 2.51. The van der Waals surface area contributed by atoms with Crippen molar-refractivity contribution in [1.29, 1.82) is 0 Å². The van der Waals surface area contributed by atoms with Crippen molar-refractivity contribution in [2.24, 2.45) is 5.11 Å². The number of ether oxygens (including phenoxy) is 4. The second kappa shape index (κ2) is 7.43. The number of rotatable bonds is 5. The first-order valence-corrected chi connectivity index (χ1v) is 7.39. The Morgan fingerprint density at radius 2 is 2.30 bits per heavy atom. The third kappa shape index (κ3) is 4.54. The van der Waals surface area contributed by atoms with Crippen molar-refractivity contribution in [3.05, 3.63) is 10.4 Å². The first kappa shape index (κ1) is 17.9. The Kier molecular flexibility index (Phi) is 5.79. The minimum Gasteiger partial charge on any atom is -0.388 e. The van der Waals surface area contributed by atoms with Gasteiger partial charge in [-0.3, -0.25) is 4.79 Å². The maximum Gasteiger partial charge on any atom is 0.217 e. The topological polar surface area (TPSA) is 135 Å². The monoisotopic (exact) mass is 330 g/mol. The molecule has 0 aliphatic carbocycles. The minimum absolute atomic E-state index is 0.0993. The second-order valence-electron chi connectivity index (χ2n) is 5.88. The van der Waals surface area contributed by atoms with Crippen molar-refractivity contribution in [3.8, 4) is 0 Å². The highest BCUT2D eigenvalue weighted by molar-refractivity contribution is 5.73. The lowest BCUT2D eigenvalue weighted by Crippen LogP contribution is -2.68. The summed E-state index contributed by atoms with van der Waals surface area (Å²) in [4.78, 5) is 14.0. The summed E-state index contributed by atoms with van der Waals surface area (Å²) in [6, 6.07) is -0.797. The van der Waals surface area contributed by atoms with Crippen molar-refractivity contribution < 1.29 is 28.8 Å². The molecule has 2 saturated heterocycles. The van der Waals surface area contributed by atoms with E-state index in [1.807, 2.05) is 0 Å². The van der Waals surface area contributed by atoms with Gasteiger partial charge in [0.1, 0.15) is 24.4 Å². The number of hydrogen-bond acceptors (Lipinski definition) is 7. The average Bonchev–Trinajstić information content (AvgIpc) is 2.47. The van der Waals surface area contributed by atoms with E-state index in [1.165, 1.54) is 6.92 Å². The lowest BCUT2D eigenvalue weighted by Gasteiger charge is -2.49. The number of nitrogens with zero attached hydrogens (tertiary/aromatic N) is 3. The van der Waals surface area contributed by atoms with Crippen LogP contribution in [0.3, 0.4) is 0 Å². The molecule has 130 valence electrons. The molecule has 0 bridgehead atoms. The van der Waals surface area contributed by atoms with Gasteiger partial charge in [-0.2, -0.15) is 0 Å². The van der Waals surface area contributed by atoms with Crippen LogP contribution in [0.2, 0.25) is 0 Å². The largest absolute Gasteiger partial charge is 0.388 e. The normalized spacial score (nSPS) is 35.7. The van der Waals surface area contributed by atoms with E-state index >= 15 is 0 Å². The number of aliphatic hydroxyl groups is 1. The van der Waals surface area contributed by atoms with E-state index in [2.05, 4.69) is 15.3 Å². The highest BCUT2D eigenvalue weighted by atomic mass is 16.8. The van der Waals surface area contributed by atoms with Crippen molar-refractivity contribution in [2.45, 2.75) is 57.2 Å². The van der Waals surface area contributed by atoms with Gasteiger partial charge in [-0.05, 0) is 19.4 Å². The zero-order valence-electron chi connectivity index (χ0n) is 13.3. The molecule has 0 saturated carbocycles. The quantitative estimate of drug-likeness (QED) is 0.316. The molecule has 2 aliphatic heterocycles. The first-order chi connectivity index (χ1) is 10.8. The van der Waals surface area contributed by atoms with Crippen LogP contribution in [0, 0.1) is 0 Å². The van der Waals surface area contributed by atoms with Gasteiger partial charge < -0.3 is 29.4 Å². The van der Waals surface area contributed by atoms with Gasteiger partial charge in [0, 0.05) is 18.4 Å². The molecule has 0 aromatic rings. The third-order valence-electron chi connectivity index (χ3n) is 3.59. The van der Waals surface area contributed by atoms with E-state index in [-0.39, 0.29) is 25.7 Å². The van der Waals surface area contributed by atoms with Gasteiger partial charge in [0.2, 0.25) is 5.91 Å². The zero-order chi connectivity index (χ0) is 17.0. The van der Waals surface area contributed by atoms with Crippen LogP contribution in [0.5, 0.6) is 0 Å². The van der Waals surface area contributed by atoms with Gasteiger partial charge in [0.15, 0.2) is 12.1 Å². The summed E-state index contributed by atoms with van der Waals surface area (Å²) in [5.41, 5.74) is 8.26. The fraction of sp³-hybridized carbons (Fsp3) is 0.923. The van der Waals surface area contributed by atoms with Crippen molar-refractivity contribution in [3.63, 3.8) is 0 Å². The summed E-state index contributed by atoms with van der Waals surface area (Å²) >= 11 is 0. The molecular formula is C13H22N4O6. The summed E-state index contributed by atoms with van der Waals surface area (Å²) in [6.07, 6.45) is -3.08. The number of carbonyl (C=O) groups is 1. The molecular weight excluding hydrogens is 308 g/mol. The molecule has 0 spiro atoms. The predicted molar refractivity (Wildman–Crippen MR) is 77.1 cm³/mol. The van der Waals surface area contributed by atoms with Gasteiger partial charge >= 0.3 is 0 Å². The Labute approximate surface area is 133 Å². The maximum atomic E-state index is 11.4. The molecule has 0 aromatic heterocycles. The summed E-state index contributed by atoms with van der Waals surface area (Å²) in [5.74, 6) is -1.17. The Morgan fingerprint density at radius 1 is 1.57 bits per heavy atom. The SMILES string of the molecule is CC(=O)NC1C(O)[C@@H]2OC(C)(C)OCC2O[C@H]1OCCN=[N+]=[N-]. The average molecular weight is 330 g/mol. The Balaban J connectivity index is 2.08. The van der Waals surface area contributed by atoms with Crippen LogP contribution in [0.15, 0.2) is 5.11 Å². The molecule has 2 fully saturated rings. The molecule has 10 nitrogen and oxygen atoms in total. The molecule has 0 radical (unpaired) electrons. The van der Waals surface area contributed by atoms with Gasteiger partial charge in [0.25, 0.3) is 0 Å². The lowest BCUT2D eigenvalue weighted by molar-refractivity contribution is -0.368. The zero-order valence-corrected chi connectivity index (χ0v) is 13.3. The lowest BCUT2D eigenvalue weighted by atomic mass is 9.95. The number of carbonyl (C=O) groups excluding carboxylic acids is 1. The molecule has 2 aliphatic rings.